The molecule has 0 atom stereocenters. The van der Waals surface area contributed by atoms with Crippen LogP contribution in [0.2, 0.25) is 0 Å². The zero-order chi connectivity index (χ0) is 22.8. The maximum absolute atomic E-state index is 12.8. The molecule has 174 valence electrons. The lowest BCUT2D eigenvalue weighted by Crippen LogP contribution is -2.14. The average molecular weight is 532 g/mol. The van der Waals surface area contributed by atoms with Crippen LogP contribution in [-0.2, 0) is 13.1 Å². The largest absolute Gasteiger partial charge is 0.460 e. The molecule has 1 amide bonds. The van der Waals surface area contributed by atoms with Crippen molar-refractivity contribution < 1.29 is 9.21 Å². The minimum absolute atomic E-state index is 0. The van der Waals surface area contributed by atoms with Gasteiger partial charge in [0.15, 0.2) is 5.69 Å². The first-order chi connectivity index (χ1) is 15.3. The Morgan fingerprint density at radius 1 is 1.15 bits per heavy atom. The first-order valence-corrected chi connectivity index (χ1v) is 11.4. The normalized spacial score (nSPS) is 11.1. The van der Waals surface area contributed by atoms with Gasteiger partial charge in [-0.1, -0.05) is 41.9 Å². The lowest BCUT2D eigenvalue weighted by Gasteiger charge is -2.07. The molecule has 2 aromatic carbocycles. The second kappa shape index (κ2) is 10.5. The van der Waals surface area contributed by atoms with Gasteiger partial charge in [-0.25, -0.2) is 0 Å². The maximum Gasteiger partial charge on any atom is 0.276 e. The Bertz CT molecular complexity index is 1260. The minimum Gasteiger partial charge on any atom is -0.460 e. The molecular formula is C25H28BrClN4O2. The highest BCUT2D eigenvalue weighted by Crippen LogP contribution is 2.31. The summed E-state index contributed by atoms with van der Waals surface area (Å²) < 4.78 is 8.97. The molecule has 0 spiro atoms. The molecule has 0 fully saturated rings. The van der Waals surface area contributed by atoms with Crippen LogP contribution in [0.3, 0.4) is 0 Å². The molecule has 6 nitrogen and oxygen atoms in total. The molecule has 2 heterocycles. The van der Waals surface area contributed by atoms with Crippen LogP contribution in [0.15, 0.2) is 57.4 Å². The number of carbonyl (C=O) groups is 1. The summed E-state index contributed by atoms with van der Waals surface area (Å²) in [7, 11) is 1.91. The van der Waals surface area contributed by atoms with Gasteiger partial charge in [0.05, 0.1) is 6.54 Å². The van der Waals surface area contributed by atoms with Crippen LogP contribution in [0.5, 0.6) is 0 Å². The third-order valence-electron chi connectivity index (χ3n) is 5.37. The quantitative estimate of drug-likeness (QED) is 0.295. The Hall–Kier alpha value is -2.61. The zero-order valence-electron chi connectivity index (χ0n) is 19.1. The lowest BCUT2D eigenvalue weighted by atomic mass is 10.1. The van der Waals surface area contributed by atoms with E-state index in [1.54, 1.807) is 0 Å². The van der Waals surface area contributed by atoms with E-state index in [1.807, 2.05) is 55.1 Å². The molecule has 4 rings (SSSR count). The Kier molecular flexibility index (Phi) is 8.00. The topological polar surface area (TPSA) is 72.1 Å². The second-order valence-corrected chi connectivity index (χ2v) is 9.21. The van der Waals surface area contributed by atoms with Crippen molar-refractivity contribution in [1.82, 2.24) is 15.1 Å². The molecule has 0 saturated heterocycles. The van der Waals surface area contributed by atoms with E-state index in [0.717, 1.165) is 50.3 Å². The molecule has 0 aliphatic rings. The van der Waals surface area contributed by atoms with Crippen LogP contribution in [-0.4, -0.2) is 22.7 Å². The van der Waals surface area contributed by atoms with Gasteiger partial charge in [-0.3, -0.25) is 9.48 Å². The van der Waals surface area contributed by atoms with Crippen LogP contribution in [0, 0.1) is 6.92 Å². The van der Waals surface area contributed by atoms with Crippen molar-refractivity contribution in [2.75, 3.05) is 12.4 Å². The molecular weight excluding hydrogens is 504 g/mol. The van der Waals surface area contributed by atoms with Gasteiger partial charge in [-0.15, -0.1) is 12.4 Å². The first-order valence-electron chi connectivity index (χ1n) is 10.6. The molecule has 0 unspecified atom stereocenters. The fraction of sp³-hybridized carbons (Fsp3) is 0.280. The molecule has 0 saturated carbocycles. The first kappa shape index (κ1) is 25.0. The predicted octanol–water partition coefficient (Wildman–Crippen LogP) is 6.27. The van der Waals surface area contributed by atoms with E-state index in [2.05, 4.69) is 57.6 Å². The van der Waals surface area contributed by atoms with Gasteiger partial charge in [0.25, 0.3) is 5.91 Å². The van der Waals surface area contributed by atoms with Crippen LogP contribution < -0.4 is 10.6 Å². The van der Waals surface area contributed by atoms with Crippen molar-refractivity contribution in [3.05, 3.63) is 81.3 Å². The van der Waals surface area contributed by atoms with Crippen molar-refractivity contribution in [2.45, 2.75) is 39.8 Å². The van der Waals surface area contributed by atoms with E-state index in [-0.39, 0.29) is 18.3 Å². The summed E-state index contributed by atoms with van der Waals surface area (Å²) in [6.07, 6.45) is 0. The van der Waals surface area contributed by atoms with Gasteiger partial charge in [0.2, 0.25) is 0 Å². The monoisotopic (exact) mass is 530 g/mol. The molecule has 0 bridgehead atoms. The van der Waals surface area contributed by atoms with Gasteiger partial charge in [0.1, 0.15) is 11.3 Å². The number of hydrogen-bond acceptors (Lipinski definition) is 4. The number of anilines is 1. The molecule has 0 aliphatic heterocycles. The predicted molar refractivity (Wildman–Crippen MR) is 138 cm³/mol. The highest BCUT2D eigenvalue weighted by atomic mass is 79.9. The fourth-order valence-electron chi connectivity index (χ4n) is 3.66. The van der Waals surface area contributed by atoms with Crippen molar-refractivity contribution in [2.24, 2.45) is 0 Å². The second-order valence-electron chi connectivity index (χ2n) is 8.30. The maximum atomic E-state index is 12.8. The average Bonchev–Trinajstić information content (AvgIpc) is 3.34. The van der Waals surface area contributed by atoms with Gasteiger partial charge in [-0.05, 0) is 55.9 Å². The standard InChI is InChI=1S/C25H27BrN4O2.ClH/c1-15(2)23-12-18-10-20(26)11-19(24(18)32-23)14-30-16(3)9-22(29-30)25(31)28-21-7-5-17(6-8-21)13-27-4;/h5-12,15,27H,13-14H2,1-4H3,(H,28,31);1H. The number of amides is 1. The summed E-state index contributed by atoms with van der Waals surface area (Å²) in [6.45, 7) is 7.48. The van der Waals surface area contributed by atoms with Gasteiger partial charge in [0, 0.05) is 39.3 Å². The number of nitrogens with one attached hydrogen (secondary N) is 2. The van der Waals surface area contributed by atoms with E-state index in [9.17, 15) is 4.79 Å². The number of benzene rings is 2. The Morgan fingerprint density at radius 2 is 1.88 bits per heavy atom. The third kappa shape index (κ3) is 5.66. The van der Waals surface area contributed by atoms with Crippen LogP contribution >= 0.6 is 28.3 Å². The third-order valence-corrected chi connectivity index (χ3v) is 5.83. The number of furan rings is 1. The smallest absolute Gasteiger partial charge is 0.276 e. The number of rotatable bonds is 7. The summed E-state index contributed by atoms with van der Waals surface area (Å²) in [5, 5.41) is 11.7. The molecule has 4 aromatic rings. The fourth-order valence-corrected chi connectivity index (χ4v) is 4.18. The van der Waals surface area contributed by atoms with Gasteiger partial charge in [-0.2, -0.15) is 5.10 Å². The van der Waals surface area contributed by atoms with Gasteiger partial charge >= 0.3 is 0 Å². The number of carbonyl (C=O) groups excluding carboxylic acids is 1. The number of aromatic nitrogens is 2. The van der Waals surface area contributed by atoms with E-state index in [0.29, 0.717) is 18.2 Å². The number of fused-ring (bicyclic) bond motifs is 1. The van der Waals surface area contributed by atoms with Crippen molar-refractivity contribution in [3.8, 4) is 0 Å². The molecule has 2 aromatic heterocycles. The van der Waals surface area contributed by atoms with E-state index in [1.165, 1.54) is 0 Å². The highest BCUT2D eigenvalue weighted by Gasteiger charge is 2.16. The van der Waals surface area contributed by atoms with Crippen LogP contribution in [0.4, 0.5) is 5.69 Å². The number of hydrogen-bond donors (Lipinski definition) is 2. The van der Waals surface area contributed by atoms with E-state index >= 15 is 0 Å². The van der Waals surface area contributed by atoms with Gasteiger partial charge < -0.3 is 15.1 Å². The minimum atomic E-state index is -0.229. The van der Waals surface area contributed by atoms with Crippen molar-refractivity contribution in [1.29, 1.82) is 0 Å². The summed E-state index contributed by atoms with van der Waals surface area (Å²) >= 11 is 3.60. The lowest BCUT2D eigenvalue weighted by molar-refractivity contribution is 0.102. The SMILES string of the molecule is CNCc1ccc(NC(=O)c2cc(C)n(Cc3cc(Br)cc4cc(C(C)C)oc34)n2)cc1.Cl. The summed E-state index contributed by atoms with van der Waals surface area (Å²) in [6, 6.07) is 15.8. The molecule has 33 heavy (non-hydrogen) atoms. The highest BCUT2D eigenvalue weighted by molar-refractivity contribution is 9.10. The summed E-state index contributed by atoms with van der Waals surface area (Å²) in [5.74, 6) is 1.04. The van der Waals surface area contributed by atoms with Crippen LogP contribution in [0.25, 0.3) is 11.0 Å². The summed E-state index contributed by atoms with van der Waals surface area (Å²) in [5.41, 5.74) is 5.06. The number of nitrogens with zero attached hydrogens (tertiary/aromatic N) is 2. The van der Waals surface area contributed by atoms with E-state index in [4.69, 9.17) is 4.42 Å². The number of halogens is 2. The Labute approximate surface area is 208 Å². The Morgan fingerprint density at radius 3 is 2.55 bits per heavy atom. The Balaban J connectivity index is 0.00000306. The van der Waals surface area contributed by atoms with E-state index < -0.39 is 0 Å². The number of aryl methyl sites for hydroxylation is 1. The molecule has 0 radical (unpaired) electrons. The zero-order valence-corrected chi connectivity index (χ0v) is 21.5. The molecule has 0 aliphatic carbocycles. The van der Waals surface area contributed by atoms with Crippen LogP contribution in [0.1, 0.15) is 52.8 Å². The summed E-state index contributed by atoms with van der Waals surface area (Å²) in [4.78, 5) is 12.8. The molecule has 2 N–H and O–H groups in total. The molecule has 8 heteroatoms. The van der Waals surface area contributed by atoms with Crippen molar-refractivity contribution >= 4 is 50.9 Å². The van der Waals surface area contributed by atoms with Crippen molar-refractivity contribution in [3.63, 3.8) is 0 Å².